The number of hydrogen-bond acceptors (Lipinski definition) is 5. The summed E-state index contributed by atoms with van der Waals surface area (Å²) in [5, 5.41) is 9.94. The minimum Gasteiger partial charge on any atom is -0.481 e. The first-order valence-electron chi connectivity index (χ1n) is 9.57. The lowest BCUT2D eigenvalue weighted by Gasteiger charge is -2.37. The molecule has 6 heteroatoms. The average molecular weight is 384 g/mol. The molecule has 1 saturated heterocycles. The van der Waals surface area contributed by atoms with Gasteiger partial charge in [0, 0.05) is 37.2 Å². The van der Waals surface area contributed by atoms with Crippen molar-refractivity contribution < 1.29 is 19.4 Å². The highest BCUT2D eigenvalue weighted by atomic mass is 16.6. The van der Waals surface area contributed by atoms with Crippen molar-refractivity contribution in [3.05, 3.63) is 48.2 Å². The van der Waals surface area contributed by atoms with Crippen molar-refractivity contribution in [1.29, 1.82) is 0 Å². The molecule has 2 heterocycles. The molecule has 1 aromatic heterocycles. The van der Waals surface area contributed by atoms with Gasteiger partial charge in [0.15, 0.2) is 0 Å². The third-order valence-corrected chi connectivity index (χ3v) is 5.06. The van der Waals surface area contributed by atoms with Crippen LogP contribution in [0.3, 0.4) is 0 Å². The lowest BCUT2D eigenvalue weighted by atomic mass is 9.97. The SMILES string of the molecule is COc1ccc(-c2ccc(C(C)N3CCC(CC(C)(C)O)OC3=O)cc2)cn1. The summed E-state index contributed by atoms with van der Waals surface area (Å²) in [5.74, 6) is 0.584. The zero-order chi connectivity index (χ0) is 20.3. The maximum Gasteiger partial charge on any atom is 0.410 e. The maximum absolute atomic E-state index is 12.5. The summed E-state index contributed by atoms with van der Waals surface area (Å²) in [5.41, 5.74) is 2.26. The van der Waals surface area contributed by atoms with Crippen LogP contribution in [0.5, 0.6) is 5.88 Å². The Morgan fingerprint density at radius 2 is 1.93 bits per heavy atom. The minimum absolute atomic E-state index is 0.0846. The van der Waals surface area contributed by atoms with Crippen molar-refractivity contribution in [1.82, 2.24) is 9.88 Å². The monoisotopic (exact) mass is 384 g/mol. The van der Waals surface area contributed by atoms with Gasteiger partial charge in [-0.1, -0.05) is 24.3 Å². The zero-order valence-electron chi connectivity index (χ0n) is 16.9. The first-order chi connectivity index (χ1) is 13.3. The highest BCUT2D eigenvalue weighted by Gasteiger charge is 2.33. The van der Waals surface area contributed by atoms with E-state index in [0.717, 1.165) is 23.1 Å². The molecule has 6 nitrogen and oxygen atoms in total. The van der Waals surface area contributed by atoms with E-state index in [4.69, 9.17) is 9.47 Å². The van der Waals surface area contributed by atoms with E-state index in [1.54, 1.807) is 32.1 Å². The summed E-state index contributed by atoms with van der Waals surface area (Å²) in [6.45, 7) is 6.08. The van der Waals surface area contributed by atoms with Crippen LogP contribution in [-0.4, -0.2) is 46.4 Å². The van der Waals surface area contributed by atoms with Gasteiger partial charge in [0.25, 0.3) is 0 Å². The fourth-order valence-electron chi connectivity index (χ4n) is 3.50. The average Bonchev–Trinajstić information content (AvgIpc) is 2.66. The van der Waals surface area contributed by atoms with Crippen molar-refractivity contribution in [2.75, 3.05) is 13.7 Å². The van der Waals surface area contributed by atoms with E-state index in [9.17, 15) is 9.90 Å². The van der Waals surface area contributed by atoms with Gasteiger partial charge >= 0.3 is 6.09 Å². The van der Waals surface area contributed by atoms with Gasteiger partial charge in [-0.3, -0.25) is 0 Å². The van der Waals surface area contributed by atoms with E-state index in [1.807, 2.05) is 43.3 Å². The minimum atomic E-state index is -0.842. The van der Waals surface area contributed by atoms with Gasteiger partial charge in [-0.15, -0.1) is 0 Å². The molecule has 0 saturated carbocycles. The molecule has 28 heavy (non-hydrogen) atoms. The Balaban J connectivity index is 1.66. The van der Waals surface area contributed by atoms with Gasteiger partial charge in [0.05, 0.1) is 18.8 Å². The van der Waals surface area contributed by atoms with E-state index in [2.05, 4.69) is 4.98 Å². The molecule has 1 amide bonds. The molecule has 2 aromatic rings. The summed E-state index contributed by atoms with van der Waals surface area (Å²) in [7, 11) is 1.59. The number of aliphatic hydroxyl groups is 1. The van der Waals surface area contributed by atoms with Crippen molar-refractivity contribution in [3.8, 4) is 17.0 Å². The van der Waals surface area contributed by atoms with Crippen LogP contribution in [0.15, 0.2) is 42.6 Å². The van der Waals surface area contributed by atoms with Crippen LogP contribution in [0, 0.1) is 0 Å². The Kier molecular flexibility index (Phi) is 5.89. The summed E-state index contributed by atoms with van der Waals surface area (Å²) in [6, 6.07) is 11.8. The van der Waals surface area contributed by atoms with Crippen molar-refractivity contribution in [2.45, 2.75) is 51.4 Å². The smallest absolute Gasteiger partial charge is 0.410 e. The molecule has 0 bridgehead atoms. The number of nitrogens with zero attached hydrogens (tertiary/aromatic N) is 2. The normalized spacial score (nSPS) is 18.5. The Morgan fingerprint density at radius 1 is 1.25 bits per heavy atom. The van der Waals surface area contributed by atoms with Crippen LogP contribution >= 0.6 is 0 Å². The molecule has 2 unspecified atom stereocenters. The highest BCUT2D eigenvalue weighted by molar-refractivity contribution is 5.69. The Labute approximate surface area is 166 Å². The molecule has 2 atom stereocenters. The fourth-order valence-corrected chi connectivity index (χ4v) is 3.50. The number of carbonyl (C=O) groups is 1. The molecular weight excluding hydrogens is 356 g/mol. The van der Waals surface area contributed by atoms with Gasteiger partial charge < -0.3 is 19.5 Å². The topological polar surface area (TPSA) is 71.9 Å². The third-order valence-electron chi connectivity index (χ3n) is 5.06. The summed E-state index contributed by atoms with van der Waals surface area (Å²) >= 11 is 0. The predicted molar refractivity (Wildman–Crippen MR) is 107 cm³/mol. The van der Waals surface area contributed by atoms with Gasteiger partial charge in [-0.2, -0.15) is 0 Å². The first kappa shape index (κ1) is 20.1. The van der Waals surface area contributed by atoms with Crippen LogP contribution in [0.1, 0.15) is 45.2 Å². The summed E-state index contributed by atoms with van der Waals surface area (Å²) in [4.78, 5) is 18.4. The fraction of sp³-hybridized carbons (Fsp3) is 0.455. The number of hydrogen-bond donors (Lipinski definition) is 1. The molecular formula is C22H28N2O4. The summed E-state index contributed by atoms with van der Waals surface area (Å²) < 4.78 is 10.6. The van der Waals surface area contributed by atoms with E-state index in [1.165, 1.54) is 0 Å². The van der Waals surface area contributed by atoms with Crippen LogP contribution in [0.4, 0.5) is 4.79 Å². The number of amides is 1. The molecule has 3 rings (SSSR count). The molecule has 1 aliphatic rings. The second-order valence-corrected chi connectivity index (χ2v) is 7.89. The molecule has 0 aliphatic carbocycles. The standard InChI is InChI=1S/C22H28N2O4/c1-15(24-12-11-19(28-21(24)25)13-22(2,3)26)16-5-7-17(8-6-16)18-9-10-20(27-4)23-14-18/h5-10,14-15,19,26H,11-13H2,1-4H3. The zero-order valence-corrected chi connectivity index (χ0v) is 16.9. The van der Waals surface area contributed by atoms with E-state index in [0.29, 0.717) is 18.8 Å². The van der Waals surface area contributed by atoms with Gasteiger partial charge in [0.2, 0.25) is 5.88 Å². The van der Waals surface area contributed by atoms with Crippen LogP contribution in [0.25, 0.3) is 11.1 Å². The van der Waals surface area contributed by atoms with Gasteiger partial charge in [0.1, 0.15) is 6.10 Å². The van der Waals surface area contributed by atoms with E-state index >= 15 is 0 Å². The quantitative estimate of drug-likeness (QED) is 0.808. The number of ether oxygens (including phenoxy) is 2. The number of aromatic nitrogens is 1. The first-order valence-corrected chi connectivity index (χ1v) is 9.57. The van der Waals surface area contributed by atoms with Crippen LogP contribution in [-0.2, 0) is 4.74 Å². The molecule has 1 N–H and O–H groups in total. The van der Waals surface area contributed by atoms with Crippen molar-refractivity contribution in [3.63, 3.8) is 0 Å². The van der Waals surface area contributed by atoms with Crippen molar-refractivity contribution >= 4 is 6.09 Å². The number of pyridine rings is 1. The Hall–Kier alpha value is -2.60. The Bertz CT molecular complexity index is 797. The lowest BCUT2D eigenvalue weighted by Crippen LogP contribution is -2.45. The number of benzene rings is 1. The summed E-state index contributed by atoms with van der Waals surface area (Å²) in [6.07, 6.45) is 2.39. The van der Waals surface area contributed by atoms with Crippen LogP contribution < -0.4 is 4.74 Å². The number of carbonyl (C=O) groups excluding carboxylic acids is 1. The molecule has 150 valence electrons. The van der Waals surface area contributed by atoms with Crippen LogP contribution in [0.2, 0.25) is 0 Å². The van der Waals surface area contributed by atoms with E-state index < -0.39 is 5.60 Å². The van der Waals surface area contributed by atoms with E-state index in [-0.39, 0.29) is 18.2 Å². The number of cyclic esters (lactones) is 1. The number of methoxy groups -OCH3 is 1. The van der Waals surface area contributed by atoms with Gasteiger partial charge in [-0.25, -0.2) is 9.78 Å². The largest absolute Gasteiger partial charge is 0.481 e. The highest BCUT2D eigenvalue weighted by Crippen LogP contribution is 2.29. The lowest BCUT2D eigenvalue weighted by molar-refractivity contribution is -0.0309. The van der Waals surface area contributed by atoms with Gasteiger partial charge in [-0.05, 0) is 38.0 Å². The molecule has 1 aromatic carbocycles. The Morgan fingerprint density at radius 3 is 2.46 bits per heavy atom. The number of rotatable bonds is 6. The molecule has 0 spiro atoms. The predicted octanol–water partition coefficient (Wildman–Crippen LogP) is 4.19. The van der Waals surface area contributed by atoms with Crippen molar-refractivity contribution in [2.24, 2.45) is 0 Å². The molecule has 1 aliphatic heterocycles. The second-order valence-electron chi connectivity index (χ2n) is 7.89. The molecule has 1 fully saturated rings. The maximum atomic E-state index is 12.5. The molecule has 0 radical (unpaired) electrons. The second kappa shape index (κ2) is 8.19. The third kappa shape index (κ3) is 4.81.